The van der Waals surface area contributed by atoms with Crippen LogP contribution in [0.25, 0.3) is 0 Å². The van der Waals surface area contributed by atoms with E-state index in [4.69, 9.17) is 0 Å². The summed E-state index contributed by atoms with van der Waals surface area (Å²) in [7, 11) is 0. The molecule has 0 aliphatic rings. The van der Waals surface area contributed by atoms with Gasteiger partial charge in [-0.25, -0.2) is 14.4 Å². The molecule has 0 spiro atoms. The van der Waals surface area contributed by atoms with Gasteiger partial charge in [-0.05, 0) is 38.1 Å². The molecule has 2 aromatic carbocycles. The van der Waals surface area contributed by atoms with E-state index >= 15 is 0 Å². The first-order valence-electron chi connectivity index (χ1n) is 7.76. The van der Waals surface area contributed by atoms with E-state index in [0.29, 0.717) is 28.7 Å². The maximum absolute atomic E-state index is 13.8. The van der Waals surface area contributed by atoms with E-state index in [-0.39, 0.29) is 11.6 Å². The molecule has 0 aliphatic carbocycles. The van der Waals surface area contributed by atoms with Crippen LogP contribution < -0.4 is 10.6 Å². The second kappa shape index (κ2) is 7.09. The molecule has 0 fully saturated rings. The number of aromatic nitrogens is 2. The van der Waals surface area contributed by atoms with Crippen LogP contribution in [0.3, 0.4) is 0 Å². The Morgan fingerprint density at radius 2 is 1.68 bits per heavy atom. The first kappa shape index (κ1) is 16.6. The highest BCUT2D eigenvalue weighted by molar-refractivity contribution is 5.95. The number of Topliss-reactive ketones (excluding diaryl/α,β-unsaturated/α-hetero) is 1. The Morgan fingerprint density at radius 1 is 0.960 bits per heavy atom. The number of nitrogens with one attached hydrogen (secondary N) is 2. The van der Waals surface area contributed by atoms with E-state index in [2.05, 4.69) is 20.6 Å². The summed E-state index contributed by atoms with van der Waals surface area (Å²) in [6.45, 7) is 3.27. The lowest BCUT2D eigenvalue weighted by Gasteiger charge is -2.11. The molecule has 5 nitrogen and oxygen atoms in total. The van der Waals surface area contributed by atoms with Crippen molar-refractivity contribution in [2.24, 2.45) is 0 Å². The number of carbonyl (C=O) groups is 1. The van der Waals surface area contributed by atoms with E-state index < -0.39 is 0 Å². The van der Waals surface area contributed by atoms with E-state index in [9.17, 15) is 9.18 Å². The van der Waals surface area contributed by atoms with Crippen molar-refractivity contribution in [1.82, 2.24) is 9.97 Å². The summed E-state index contributed by atoms with van der Waals surface area (Å²) in [5.74, 6) is 1.19. The molecule has 1 heterocycles. The Labute approximate surface area is 145 Å². The van der Waals surface area contributed by atoms with Crippen LogP contribution in [-0.2, 0) is 0 Å². The number of hydrogen-bond donors (Lipinski definition) is 2. The lowest BCUT2D eigenvalue weighted by atomic mass is 10.1. The second-order valence-corrected chi connectivity index (χ2v) is 5.55. The average Bonchev–Trinajstić information content (AvgIpc) is 2.57. The number of anilines is 4. The van der Waals surface area contributed by atoms with Crippen LogP contribution >= 0.6 is 0 Å². The molecule has 0 bridgehead atoms. The number of benzene rings is 2. The van der Waals surface area contributed by atoms with Gasteiger partial charge in [-0.15, -0.1) is 0 Å². The highest BCUT2D eigenvalue weighted by Crippen LogP contribution is 2.22. The Bertz CT molecular complexity index is 927. The normalized spacial score (nSPS) is 10.4. The predicted molar refractivity (Wildman–Crippen MR) is 96.2 cm³/mol. The Morgan fingerprint density at radius 3 is 2.40 bits per heavy atom. The van der Waals surface area contributed by atoms with Gasteiger partial charge in [-0.2, -0.15) is 0 Å². The Balaban J connectivity index is 1.86. The van der Waals surface area contributed by atoms with Crippen LogP contribution in [0.4, 0.5) is 27.4 Å². The fraction of sp³-hybridized carbons (Fsp3) is 0.105. The van der Waals surface area contributed by atoms with Gasteiger partial charge in [-0.3, -0.25) is 4.79 Å². The van der Waals surface area contributed by atoms with Gasteiger partial charge in [0.05, 0.1) is 5.69 Å². The predicted octanol–water partition coefficient (Wildman–Crippen LogP) is 4.61. The number of rotatable bonds is 5. The summed E-state index contributed by atoms with van der Waals surface area (Å²) in [5, 5.41) is 6.09. The summed E-state index contributed by atoms with van der Waals surface area (Å²) in [6.07, 6.45) is 0. The van der Waals surface area contributed by atoms with Crippen molar-refractivity contribution < 1.29 is 9.18 Å². The highest BCUT2D eigenvalue weighted by atomic mass is 19.1. The monoisotopic (exact) mass is 336 g/mol. The molecule has 0 saturated carbocycles. The highest BCUT2D eigenvalue weighted by Gasteiger charge is 2.07. The lowest BCUT2D eigenvalue weighted by Crippen LogP contribution is -2.03. The minimum Gasteiger partial charge on any atom is -0.340 e. The number of para-hydroxylation sites is 1. The van der Waals surface area contributed by atoms with Crippen molar-refractivity contribution in [1.29, 1.82) is 0 Å². The summed E-state index contributed by atoms with van der Waals surface area (Å²) in [4.78, 5) is 20.1. The van der Waals surface area contributed by atoms with Crippen LogP contribution in [-0.4, -0.2) is 15.8 Å². The zero-order valence-corrected chi connectivity index (χ0v) is 13.9. The van der Waals surface area contributed by atoms with Gasteiger partial charge in [0.15, 0.2) is 5.78 Å². The molecule has 0 saturated heterocycles. The Hall–Kier alpha value is -3.28. The minimum absolute atomic E-state index is 0.00979. The van der Waals surface area contributed by atoms with Crippen LogP contribution in [0.2, 0.25) is 0 Å². The molecule has 3 rings (SSSR count). The number of halogens is 1. The summed E-state index contributed by atoms with van der Waals surface area (Å²) in [5.41, 5.74) is 1.69. The van der Waals surface area contributed by atoms with E-state index in [1.165, 1.54) is 13.0 Å². The zero-order valence-electron chi connectivity index (χ0n) is 13.9. The molecule has 3 aromatic rings. The lowest BCUT2D eigenvalue weighted by molar-refractivity contribution is 0.101. The zero-order chi connectivity index (χ0) is 17.8. The number of hydrogen-bond acceptors (Lipinski definition) is 5. The standard InChI is InChI=1S/C19H17FN4O/c1-12(25)14-6-5-7-15(10-14)23-18-11-19(22-13(2)21-18)24-17-9-4-3-8-16(17)20/h3-11H,1-2H3,(H2,21,22,23,24). The van der Waals surface area contributed by atoms with Crippen molar-refractivity contribution in [2.75, 3.05) is 10.6 Å². The largest absolute Gasteiger partial charge is 0.340 e. The maximum Gasteiger partial charge on any atom is 0.159 e. The van der Waals surface area contributed by atoms with Gasteiger partial charge in [0.1, 0.15) is 23.3 Å². The summed E-state index contributed by atoms with van der Waals surface area (Å²) in [6, 6.07) is 15.2. The fourth-order valence-electron chi connectivity index (χ4n) is 2.36. The molecular formula is C19H17FN4O. The molecule has 0 atom stereocenters. The van der Waals surface area contributed by atoms with Gasteiger partial charge >= 0.3 is 0 Å². The molecule has 2 N–H and O–H groups in total. The van der Waals surface area contributed by atoms with E-state index in [1.807, 2.05) is 6.07 Å². The van der Waals surface area contributed by atoms with Crippen LogP contribution in [0.1, 0.15) is 23.1 Å². The van der Waals surface area contributed by atoms with Crippen molar-refractivity contribution in [3.8, 4) is 0 Å². The first-order chi connectivity index (χ1) is 12.0. The molecule has 126 valence electrons. The van der Waals surface area contributed by atoms with Crippen LogP contribution in [0.15, 0.2) is 54.6 Å². The SMILES string of the molecule is CC(=O)c1cccc(Nc2cc(Nc3ccccc3F)nc(C)n2)c1. The van der Waals surface area contributed by atoms with Gasteiger partial charge in [0.2, 0.25) is 0 Å². The number of aryl methyl sites for hydroxylation is 1. The van der Waals surface area contributed by atoms with Crippen LogP contribution in [0.5, 0.6) is 0 Å². The fourth-order valence-corrected chi connectivity index (χ4v) is 2.36. The second-order valence-electron chi connectivity index (χ2n) is 5.55. The molecule has 25 heavy (non-hydrogen) atoms. The molecule has 0 unspecified atom stereocenters. The number of carbonyl (C=O) groups excluding carboxylic acids is 1. The quantitative estimate of drug-likeness (QED) is 0.666. The topological polar surface area (TPSA) is 66.9 Å². The van der Waals surface area contributed by atoms with Gasteiger partial charge in [0, 0.05) is 17.3 Å². The smallest absolute Gasteiger partial charge is 0.159 e. The van der Waals surface area contributed by atoms with Gasteiger partial charge in [0.25, 0.3) is 0 Å². The third-order valence-electron chi connectivity index (χ3n) is 3.52. The Kier molecular flexibility index (Phi) is 4.70. The molecule has 0 aliphatic heterocycles. The van der Waals surface area contributed by atoms with E-state index in [0.717, 1.165) is 5.69 Å². The summed E-state index contributed by atoms with van der Waals surface area (Å²) < 4.78 is 13.8. The van der Waals surface area contributed by atoms with Gasteiger partial charge in [-0.1, -0.05) is 24.3 Å². The third-order valence-corrected chi connectivity index (χ3v) is 3.52. The first-order valence-corrected chi connectivity index (χ1v) is 7.76. The summed E-state index contributed by atoms with van der Waals surface area (Å²) >= 11 is 0. The molecule has 6 heteroatoms. The number of nitrogens with zero attached hydrogens (tertiary/aromatic N) is 2. The maximum atomic E-state index is 13.8. The average molecular weight is 336 g/mol. The van der Waals surface area contributed by atoms with Crippen molar-refractivity contribution in [2.45, 2.75) is 13.8 Å². The molecular weight excluding hydrogens is 319 g/mol. The number of ketones is 1. The molecule has 0 amide bonds. The van der Waals surface area contributed by atoms with E-state index in [1.54, 1.807) is 49.4 Å². The van der Waals surface area contributed by atoms with Crippen LogP contribution in [0, 0.1) is 12.7 Å². The minimum atomic E-state index is -0.359. The van der Waals surface area contributed by atoms with Crippen molar-refractivity contribution >= 4 is 28.8 Å². The molecule has 0 radical (unpaired) electrons. The third kappa shape index (κ3) is 4.17. The molecule has 1 aromatic heterocycles. The van der Waals surface area contributed by atoms with Crippen molar-refractivity contribution in [3.05, 3.63) is 71.8 Å². The van der Waals surface area contributed by atoms with Gasteiger partial charge < -0.3 is 10.6 Å². The van der Waals surface area contributed by atoms with Crippen molar-refractivity contribution in [3.63, 3.8) is 0 Å².